The van der Waals surface area contributed by atoms with Gasteiger partial charge in [-0.25, -0.2) is 0 Å². The number of piperidine rings is 1. The van der Waals surface area contributed by atoms with Gasteiger partial charge in [0.2, 0.25) is 0 Å². The van der Waals surface area contributed by atoms with Crippen molar-refractivity contribution < 1.29 is 4.74 Å². The van der Waals surface area contributed by atoms with E-state index in [4.69, 9.17) is 4.74 Å². The smallest absolute Gasteiger partial charge is 0.0640 e. The van der Waals surface area contributed by atoms with Crippen molar-refractivity contribution in [1.82, 2.24) is 5.32 Å². The maximum absolute atomic E-state index is 6.56. The number of rotatable bonds is 2. The Balaban J connectivity index is 1.68. The summed E-state index contributed by atoms with van der Waals surface area (Å²) in [7, 11) is 0. The Labute approximate surface area is 112 Å². The molecule has 104 valence electrons. The molecule has 1 aliphatic heterocycles. The lowest BCUT2D eigenvalue weighted by molar-refractivity contribution is -0.0975. The van der Waals surface area contributed by atoms with Gasteiger partial charge in [-0.15, -0.1) is 0 Å². The number of ether oxygens (including phenoxy) is 1. The number of hydrogen-bond donors (Lipinski definition) is 1. The second kappa shape index (κ2) is 4.21. The van der Waals surface area contributed by atoms with Crippen LogP contribution in [-0.4, -0.2) is 24.8 Å². The van der Waals surface area contributed by atoms with Gasteiger partial charge in [0.25, 0.3) is 0 Å². The molecule has 1 saturated heterocycles. The van der Waals surface area contributed by atoms with Crippen molar-refractivity contribution in [3.8, 4) is 0 Å². The van der Waals surface area contributed by atoms with Crippen LogP contribution in [0.4, 0.5) is 0 Å². The minimum absolute atomic E-state index is 0.422. The molecule has 1 heterocycles. The van der Waals surface area contributed by atoms with Crippen LogP contribution in [0.25, 0.3) is 0 Å². The van der Waals surface area contributed by atoms with Crippen LogP contribution in [0.3, 0.4) is 0 Å². The molecule has 2 nitrogen and oxygen atoms in total. The van der Waals surface area contributed by atoms with E-state index in [1.165, 1.54) is 32.1 Å². The largest absolute Gasteiger partial charge is 0.374 e. The second-order valence-corrected chi connectivity index (χ2v) is 7.74. The third-order valence-electron chi connectivity index (χ3n) is 6.65. The van der Waals surface area contributed by atoms with Crippen molar-refractivity contribution in [2.75, 3.05) is 6.54 Å². The fourth-order valence-corrected chi connectivity index (χ4v) is 4.78. The minimum atomic E-state index is 0.422. The number of fused-ring (bicyclic) bond motifs is 2. The molecule has 0 aromatic carbocycles. The molecule has 18 heavy (non-hydrogen) atoms. The van der Waals surface area contributed by atoms with E-state index in [0.29, 0.717) is 29.1 Å². The molecule has 3 fully saturated rings. The first-order chi connectivity index (χ1) is 8.43. The van der Waals surface area contributed by atoms with Crippen LogP contribution >= 0.6 is 0 Å². The van der Waals surface area contributed by atoms with Crippen molar-refractivity contribution in [3.63, 3.8) is 0 Å². The average molecular weight is 251 g/mol. The topological polar surface area (TPSA) is 21.3 Å². The Morgan fingerprint density at radius 2 is 1.89 bits per heavy atom. The molecule has 2 saturated carbocycles. The van der Waals surface area contributed by atoms with Gasteiger partial charge in [0.15, 0.2) is 0 Å². The molecule has 3 rings (SSSR count). The first-order valence-electron chi connectivity index (χ1n) is 7.82. The van der Waals surface area contributed by atoms with Gasteiger partial charge >= 0.3 is 0 Å². The van der Waals surface area contributed by atoms with Gasteiger partial charge in [-0.2, -0.15) is 0 Å². The molecule has 0 radical (unpaired) electrons. The zero-order chi connectivity index (χ0) is 13.0. The SMILES string of the molecule is CC1CC(OC2CC3CCC2(C)C3(C)C)CCN1. The summed E-state index contributed by atoms with van der Waals surface area (Å²) in [5.41, 5.74) is 0.905. The van der Waals surface area contributed by atoms with Gasteiger partial charge in [-0.3, -0.25) is 0 Å². The summed E-state index contributed by atoms with van der Waals surface area (Å²) in [5.74, 6) is 0.895. The van der Waals surface area contributed by atoms with E-state index >= 15 is 0 Å². The highest BCUT2D eigenvalue weighted by Crippen LogP contribution is 2.66. The highest BCUT2D eigenvalue weighted by Gasteiger charge is 2.62. The van der Waals surface area contributed by atoms with Crippen LogP contribution < -0.4 is 5.32 Å². The average Bonchev–Trinajstić information content (AvgIpc) is 2.62. The highest BCUT2D eigenvalue weighted by atomic mass is 16.5. The third kappa shape index (κ3) is 1.76. The monoisotopic (exact) mass is 251 g/mol. The zero-order valence-corrected chi connectivity index (χ0v) is 12.5. The minimum Gasteiger partial charge on any atom is -0.374 e. The van der Waals surface area contributed by atoms with E-state index in [1.807, 2.05) is 0 Å². The predicted octanol–water partition coefficient (Wildman–Crippen LogP) is 3.36. The maximum atomic E-state index is 6.56. The molecule has 2 bridgehead atoms. The first kappa shape index (κ1) is 12.9. The summed E-state index contributed by atoms with van der Waals surface area (Å²) in [4.78, 5) is 0. The quantitative estimate of drug-likeness (QED) is 0.812. The fraction of sp³-hybridized carbons (Fsp3) is 1.00. The number of hydrogen-bond acceptors (Lipinski definition) is 2. The molecule has 0 aromatic rings. The van der Waals surface area contributed by atoms with E-state index in [0.717, 1.165) is 12.5 Å². The molecular weight excluding hydrogens is 222 g/mol. The van der Waals surface area contributed by atoms with Gasteiger partial charge < -0.3 is 10.1 Å². The lowest BCUT2D eigenvalue weighted by Crippen LogP contribution is -2.44. The van der Waals surface area contributed by atoms with Crippen LogP contribution in [0.5, 0.6) is 0 Å². The summed E-state index contributed by atoms with van der Waals surface area (Å²) in [6.07, 6.45) is 7.50. The summed E-state index contributed by atoms with van der Waals surface area (Å²) < 4.78 is 6.56. The molecule has 2 aliphatic carbocycles. The van der Waals surface area contributed by atoms with Gasteiger partial charge in [0.05, 0.1) is 12.2 Å². The molecule has 3 aliphatic rings. The van der Waals surface area contributed by atoms with Gasteiger partial charge in [-0.05, 0) is 62.3 Å². The van der Waals surface area contributed by atoms with Gasteiger partial charge in [-0.1, -0.05) is 20.8 Å². The fourth-order valence-electron chi connectivity index (χ4n) is 4.78. The summed E-state index contributed by atoms with van der Waals surface area (Å²) in [6.45, 7) is 10.8. The summed E-state index contributed by atoms with van der Waals surface area (Å²) in [5, 5.41) is 3.52. The molecule has 5 unspecified atom stereocenters. The first-order valence-corrected chi connectivity index (χ1v) is 7.82. The van der Waals surface area contributed by atoms with Crippen molar-refractivity contribution in [3.05, 3.63) is 0 Å². The Kier molecular flexibility index (Phi) is 3.02. The summed E-state index contributed by atoms with van der Waals surface area (Å²) >= 11 is 0. The van der Waals surface area contributed by atoms with E-state index in [2.05, 4.69) is 33.0 Å². The number of nitrogens with one attached hydrogen (secondary N) is 1. The van der Waals surface area contributed by atoms with Crippen LogP contribution in [0.1, 0.15) is 59.8 Å². The Morgan fingerprint density at radius 3 is 2.44 bits per heavy atom. The normalized spacial score (nSPS) is 50.7. The lowest BCUT2D eigenvalue weighted by Gasteiger charge is -2.41. The van der Waals surface area contributed by atoms with Crippen LogP contribution in [-0.2, 0) is 4.74 Å². The van der Waals surface area contributed by atoms with Crippen molar-refractivity contribution in [1.29, 1.82) is 0 Å². The van der Waals surface area contributed by atoms with Crippen LogP contribution in [0.15, 0.2) is 0 Å². The molecule has 2 heteroatoms. The van der Waals surface area contributed by atoms with Gasteiger partial charge in [0, 0.05) is 6.04 Å². The van der Waals surface area contributed by atoms with Crippen molar-refractivity contribution in [2.45, 2.75) is 78.0 Å². The molecule has 1 N–H and O–H groups in total. The Hall–Kier alpha value is -0.0800. The second-order valence-electron chi connectivity index (χ2n) is 7.74. The third-order valence-corrected chi connectivity index (χ3v) is 6.65. The molecule has 5 atom stereocenters. The molecular formula is C16H29NO. The maximum Gasteiger partial charge on any atom is 0.0640 e. The Bertz CT molecular complexity index is 327. The lowest BCUT2D eigenvalue weighted by atomic mass is 9.70. The van der Waals surface area contributed by atoms with E-state index < -0.39 is 0 Å². The van der Waals surface area contributed by atoms with Crippen LogP contribution in [0.2, 0.25) is 0 Å². The standard InChI is InChI=1S/C16H29NO/c1-11-9-13(6-8-17-11)18-14-10-12-5-7-16(14,4)15(12,2)3/h11-14,17H,5-10H2,1-4H3. The molecule has 0 aromatic heterocycles. The zero-order valence-electron chi connectivity index (χ0n) is 12.5. The van der Waals surface area contributed by atoms with Crippen LogP contribution in [0, 0.1) is 16.7 Å². The van der Waals surface area contributed by atoms with E-state index in [9.17, 15) is 0 Å². The Morgan fingerprint density at radius 1 is 1.11 bits per heavy atom. The predicted molar refractivity (Wildman–Crippen MR) is 74.6 cm³/mol. The molecule has 0 spiro atoms. The van der Waals surface area contributed by atoms with Crippen molar-refractivity contribution in [2.24, 2.45) is 16.7 Å². The van der Waals surface area contributed by atoms with Crippen molar-refractivity contribution >= 4 is 0 Å². The van der Waals surface area contributed by atoms with E-state index in [-0.39, 0.29) is 0 Å². The molecule has 0 amide bonds. The van der Waals surface area contributed by atoms with E-state index in [1.54, 1.807) is 0 Å². The summed E-state index contributed by atoms with van der Waals surface area (Å²) in [6, 6.07) is 0.628. The highest BCUT2D eigenvalue weighted by molar-refractivity contribution is 5.11. The van der Waals surface area contributed by atoms with Gasteiger partial charge in [0.1, 0.15) is 0 Å².